The van der Waals surface area contributed by atoms with Crippen LogP contribution < -0.4 is 4.43 Å². The Morgan fingerprint density at radius 1 is 0.879 bits per heavy atom. The van der Waals surface area contributed by atoms with Crippen LogP contribution in [0.2, 0.25) is 16.6 Å². The molecule has 0 aliphatic carbocycles. The van der Waals surface area contributed by atoms with Crippen molar-refractivity contribution in [2.75, 3.05) is 0 Å². The summed E-state index contributed by atoms with van der Waals surface area (Å²) in [5.41, 5.74) is 3.04. The molecule has 2 aromatic carbocycles. The Labute approximate surface area is 198 Å². The Balaban J connectivity index is 2.21. The number of ether oxygens (including phenoxy) is 1. The molecule has 0 aromatic heterocycles. The van der Waals surface area contributed by atoms with Crippen LogP contribution in [0.25, 0.3) is 6.08 Å². The Bertz CT molecular complexity index is 924. The lowest BCUT2D eigenvalue weighted by atomic mass is 10.1. The Morgan fingerprint density at radius 3 is 1.91 bits per heavy atom. The summed E-state index contributed by atoms with van der Waals surface area (Å²) < 4.78 is 12.0. The molecule has 0 saturated heterocycles. The second-order valence-corrected chi connectivity index (χ2v) is 14.7. The van der Waals surface area contributed by atoms with Gasteiger partial charge in [-0.05, 0) is 46.0 Å². The summed E-state index contributed by atoms with van der Waals surface area (Å²) in [5.74, 6) is -0.909. The van der Waals surface area contributed by atoms with E-state index in [2.05, 4.69) is 41.5 Å². The highest BCUT2D eigenvalue weighted by Gasteiger charge is 2.46. The number of aliphatic carboxylic acids is 1. The van der Waals surface area contributed by atoms with Crippen LogP contribution in [0.15, 0.2) is 60.2 Å². The molecule has 0 amide bonds. The smallest absolute Gasteiger partial charge is 0.334 e. The molecule has 0 aliphatic heterocycles. The van der Waals surface area contributed by atoms with E-state index >= 15 is 0 Å². The van der Waals surface area contributed by atoms with Gasteiger partial charge >= 0.3 is 11.9 Å². The fourth-order valence-electron chi connectivity index (χ4n) is 4.55. The molecule has 1 N–H and O–H groups in total. The molecule has 0 atom stereocenters. The van der Waals surface area contributed by atoms with Crippen molar-refractivity contribution in [2.24, 2.45) is 0 Å². The highest BCUT2D eigenvalue weighted by molar-refractivity contribution is 6.78. The molecule has 0 heterocycles. The Morgan fingerprint density at radius 2 is 1.42 bits per heavy atom. The molecule has 0 saturated carbocycles. The second kappa shape index (κ2) is 11.8. The van der Waals surface area contributed by atoms with E-state index < -0.39 is 26.7 Å². The van der Waals surface area contributed by atoms with Crippen molar-refractivity contribution >= 4 is 26.3 Å². The van der Waals surface area contributed by atoms with E-state index in [0.717, 1.165) is 16.9 Å². The van der Waals surface area contributed by atoms with E-state index in [-0.39, 0.29) is 12.2 Å². The average Bonchev–Trinajstić information content (AvgIpc) is 2.76. The SMILES string of the molecule is CC(C)[Si](Oc1ccc(C=C(CC(=O)O)C(=O)OCc2ccccc2)cc1)(C(C)C)C(C)C. The third kappa shape index (κ3) is 7.06. The first kappa shape index (κ1) is 26.4. The van der Waals surface area contributed by atoms with Gasteiger partial charge in [-0.2, -0.15) is 0 Å². The van der Waals surface area contributed by atoms with E-state index in [9.17, 15) is 14.7 Å². The zero-order valence-electron chi connectivity index (χ0n) is 20.5. The lowest BCUT2D eigenvalue weighted by Crippen LogP contribution is -2.50. The van der Waals surface area contributed by atoms with E-state index in [1.54, 1.807) is 6.08 Å². The number of benzene rings is 2. The van der Waals surface area contributed by atoms with Crippen molar-refractivity contribution < 1.29 is 23.9 Å². The predicted molar refractivity (Wildman–Crippen MR) is 135 cm³/mol. The molecule has 2 aromatic rings. The van der Waals surface area contributed by atoms with Crippen LogP contribution in [0.3, 0.4) is 0 Å². The highest BCUT2D eigenvalue weighted by atomic mass is 28.4. The van der Waals surface area contributed by atoms with Crippen molar-refractivity contribution in [1.82, 2.24) is 0 Å². The lowest BCUT2D eigenvalue weighted by Gasteiger charge is -2.42. The average molecular weight is 469 g/mol. The van der Waals surface area contributed by atoms with Gasteiger partial charge in [0.25, 0.3) is 8.32 Å². The van der Waals surface area contributed by atoms with Crippen molar-refractivity contribution in [3.63, 3.8) is 0 Å². The minimum Gasteiger partial charge on any atom is -0.543 e. The number of carbonyl (C=O) groups is 2. The van der Waals surface area contributed by atoms with E-state index in [1.807, 2.05) is 54.6 Å². The lowest BCUT2D eigenvalue weighted by molar-refractivity contribution is -0.143. The maximum absolute atomic E-state index is 12.6. The van der Waals surface area contributed by atoms with Crippen molar-refractivity contribution in [1.29, 1.82) is 0 Å². The first-order valence-corrected chi connectivity index (χ1v) is 13.6. The molecular weight excluding hydrogens is 432 g/mol. The monoisotopic (exact) mass is 468 g/mol. The molecule has 6 heteroatoms. The van der Waals surface area contributed by atoms with Gasteiger partial charge in [-0.3, -0.25) is 4.79 Å². The number of carboxylic acid groups (broad SMARTS) is 1. The Kier molecular flexibility index (Phi) is 9.47. The first-order chi connectivity index (χ1) is 15.6. The van der Waals surface area contributed by atoms with Gasteiger partial charge in [-0.1, -0.05) is 84.0 Å². The molecular formula is C27H36O5Si. The predicted octanol–water partition coefficient (Wildman–Crippen LogP) is 6.84. The van der Waals surface area contributed by atoms with Gasteiger partial charge < -0.3 is 14.3 Å². The fraction of sp³-hybridized carbons (Fsp3) is 0.407. The molecule has 0 radical (unpaired) electrons. The fourth-order valence-corrected chi connectivity index (χ4v) is 9.80. The standard InChI is InChI=1S/C27H36O5Si/c1-19(2)33(20(3)4,21(5)6)32-25-14-12-22(13-15-25)16-24(17-26(28)29)27(30)31-18-23-10-8-7-9-11-23/h7-16,19-21H,17-18H2,1-6H3,(H,28,29). The maximum atomic E-state index is 12.6. The van der Waals surface area contributed by atoms with Crippen LogP contribution in [0.4, 0.5) is 0 Å². The van der Waals surface area contributed by atoms with Crippen LogP contribution in [0.5, 0.6) is 5.75 Å². The van der Waals surface area contributed by atoms with Crippen molar-refractivity contribution in [3.05, 3.63) is 71.3 Å². The number of hydrogen-bond acceptors (Lipinski definition) is 4. The minimum atomic E-state index is -2.07. The van der Waals surface area contributed by atoms with Gasteiger partial charge in [-0.25, -0.2) is 4.79 Å². The molecule has 2 rings (SSSR count). The molecule has 33 heavy (non-hydrogen) atoms. The third-order valence-corrected chi connectivity index (χ3v) is 12.0. The van der Waals surface area contributed by atoms with Crippen LogP contribution in [-0.4, -0.2) is 25.4 Å². The molecule has 0 aliphatic rings. The van der Waals surface area contributed by atoms with Gasteiger partial charge in [0.15, 0.2) is 0 Å². The van der Waals surface area contributed by atoms with Crippen LogP contribution in [-0.2, 0) is 20.9 Å². The molecule has 0 bridgehead atoms. The summed E-state index contributed by atoms with van der Waals surface area (Å²) in [7, 11) is -2.07. The normalized spacial score (nSPS) is 12.3. The van der Waals surface area contributed by atoms with Crippen molar-refractivity contribution in [3.8, 4) is 5.75 Å². The van der Waals surface area contributed by atoms with Gasteiger partial charge in [0, 0.05) is 5.57 Å². The second-order valence-electron chi connectivity index (χ2n) is 9.29. The van der Waals surface area contributed by atoms with E-state index in [1.165, 1.54) is 0 Å². The summed E-state index contributed by atoms with van der Waals surface area (Å²) in [6.07, 6.45) is 1.17. The van der Waals surface area contributed by atoms with Gasteiger partial charge in [0.05, 0.1) is 6.42 Å². The van der Waals surface area contributed by atoms with Gasteiger partial charge in [0.2, 0.25) is 0 Å². The van der Waals surface area contributed by atoms with Gasteiger partial charge in [0.1, 0.15) is 12.4 Å². The zero-order valence-corrected chi connectivity index (χ0v) is 21.5. The summed E-state index contributed by atoms with van der Waals surface area (Å²) in [5, 5.41) is 9.26. The third-order valence-electron chi connectivity index (χ3n) is 6.04. The zero-order chi connectivity index (χ0) is 24.6. The van der Waals surface area contributed by atoms with E-state index in [0.29, 0.717) is 16.6 Å². The van der Waals surface area contributed by atoms with Crippen molar-refractivity contribution in [2.45, 2.75) is 71.2 Å². The largest absolute Gasteiger partial charge is 0.543 e. The van der Waals surface area contributed by atoms with Crippen LogP contribution in [0, 0.1) is 0 Å². The molecule has 0 fully saturated rings. The molecule has 0 spiro atoms. The summed E-state index contributed by atoms with van der Waals surface area (Å²) in [6.45, 7) is 13.5. The number of rotatable bonds is 11. The number of hydrogen-bond donors (Lipinski definition) is 1. The molecule has 178 valence electrons. The summed E-state index contributed by atoms with van der Waals surface area (Å²) >= 11 is 0. The highest BCUT2D eigenvalue weighted by Crippen LogP contribution is 2.42. The number of carboxylic acids is 1. The van der Waals surface area contributed by atoms with Gasteiger partial charge in [-0.15, -0.1) is 0 Å². The first-order valence-electron chi connectivity index (χ1n) is 11.5. The topological polar surface area (TPSA) is 72.8 Å². The minimum absolute atomic E-state index is 0.0930. The van der Waals surface area contributed by atoms with Crippen LogP contribution >= 0.6 is 0 Å². The number of esters is 1. The maximum Gasteiger partial charge on any atom is 0.334 e. The van der Waals surface area contributed by atoms with E-state index in [4.69, 9.17) is 9.16 Å². The summed E-state index contributed by atoms with van der Waals surface area (Å²) in [6, 6.07) is 16.8. The quantitative estimate of drug-likeness (QED) is 0.222. The molecule has 0 unspecified atom stereocenters. The Hall–Kier alpha value is -2.86. The molecule has 5 nitrogen and oxygen atoms in total. The summed E-state index contributed by atoms with van der Waals surface area (Å²) in [4.78, 5) is 23.9. The van der Waals surface area contributed by atoms with Crippen LogP contribution in [0.1, 0.15) is 59.1 Å². The number of carbonyl (C=O) groups excluding carboxylic acids is 1.